The molecule has 2 amide bonds. The Morgan fingerprint density at radius 2 is 1.74 bits per heavy atom. The molecular formula is C18H20FeN2O2-6. The molecule has 2 aromatic rings. The Morgan fingerprint density at radius 3 is 2.26 bits per heavy atom. The Morgan fingerprint density at radius 1 is 1.09 bits per heavy atom. The van der Waals surface area contributed by atoms with Gasteiger partial charge in [-0.25, -0.2) is 12.1 Å². The van der Waals surface area contributed by atoms with Crippen molar-refractivity contribution in [3.8, 4) is 0 Å². The van der Waals surface area contributed by atoms with Gasteiger partial charge in [0, 0.05) is 36.5 Å². The van der Waals surface area contributed by atoms with Crippen LogP contribution >= 0.6 is 0 Å². The van der Waals surface area contributed by atoms with Crippen LogP contribution in [0.2, 0.25) is 0 Å². The summed E-state index contributed by atoms with van der Waals surface area (Å²) in [7, 11) is 0. The summed E-state index contributed by atoms with van der Waals surface area (Å²) in [5.41, 5.74) is 6.26. The normalized spacial score (nSPS) is 9.22. The van der Waals surface area contributed by atoms with Crippen molar-refractivity contribution in [3.63, 3.8) is 0 Å². The van der Waals surface area contributed by atoms with Gasteiger partial charge in [-0.15, -0.1) is 0 Å². The second kappa shape index (κ2) is 13.8. The molecule has 0 saturated carbocycles. The summed E-state index contributed by atoms with van der Waals surface area (Å²) in [6.07, 6.45) is 3.26. The number of hydrogen-bond donors (Lipinski definition) is 2. The molecule has 23 heavy (non-hydrogen) atoms. The van der Waals surface area contributed by atoms with E-state index in [-0.39, 0.29) is 28.9 Å². The van der Waals surface area contributed by atoms with E-state index in [0.717, 1.165) is 12.8 Å². The van der Waals surface area contributed by atoms with Crippen molar-refractivity contribution in [2.24, 2.45) is 5.73 Å². The minimum atomic E-state index is -0.324. The molecule has 0 aliphatic heterocycles. The average molecular weight is 352 g/mol. The monoisotopic (exact) mass is 352 g/mol. The average Bonchev–Trinajstić information content (AvgIpc) is 3.19. The van der Waals surface area contributed by atoms with Crippen LogP contribution in [0.25, 0.3) is 0 Å². The summed E-state index contributed by atoms with van der Waals surface area (Å²) < 4.78 is 0. The predicted octanol–water partition coefficient (Wildman–Crippen LogP) is 1.71. The first-order valence-electron chi connectivity index (χ1n) is 7.27. The van der Waals surface area contributed by atoms with E-state index < -0.39 is 0 Å². The molecule has 0 heterocycles. The van der Waals surface area contributed by atoms with Gasteiger partial charge in [-0.1, -0.05) is 12.8 Å². The maximum absolute atomic E-state index is 11.4. The van der Waals surface area contributed by atoms with Crippen LogP contribution in [0.4, 0.5) is 0 Å². The van der Waals surface area contributed by atoms with Gasteiger partial charge in [-0.3, -0.25) is 9.59 Å². The van der Waals surface area contributed by atoms with Gasteiger partial charge in [0.15, 0.2) is 0 Å². The summed E-state index contributed by atoms with van der Waals surface area (Å²) >= 11 is 0. The van der Waals surface area contributed by atoms with E-state index in [1.165, 1.54) is 5.56 Å². The standard InChI is InChI=1S/C13H19N2O2.C5H.Fe/c14-12(16)8-4-10-15-13(17)9-3-7-11-5-1-2-6-11;1-2-4-5-3-1;/h1-2,5-6H,3-4,7-10H2,(H2,14,16)(H,15,17);1H;/q-1;-5;. The zero-order valence-corrected chi connectivity index (χ0v) is 14.0. The fraction of sp³-hybridized carbons (Fsp3) is 0.333. The molecule has 0 spiro atoms. The van der Waals surface area contributed by atoms with Crippen LogP contribution in [0.3, 0.4) is 0 Å². The number of nitrogens with one attached hydrogen (secondary N) is 1. The van der Waals surface area contributed by atoms with Crippen molar-refractivity contribution >= 4 is 11.8 Å². The Balaban J connectivity index is 0.000000684. The molecule has 2 aromatic carbocycles. The first-order chi connectivity index (χ1) is 10.7. The molecule has 0 aromatic heterocycles. The van der Waals surface area contributed by atoms with Crippen LogP contribution in [0.15, 0.2) is 30.3 Å². The van der Waals surface area contributed by atoms with Crippen LogP contribution < -0.4 is 11.1 Å². The van der Waals surface area contributed by atoms with Gasteiger partial charge in [0.05, 0.1) is 0 Å². The Hall–Kier alpha value is -1.84. The van der Waals surface area contributed by atoms with E-state index in [9.17, 15) is 9.59 Å². The smallest absolute Gasteiger partial charge is 0.219 e. The molecule has 0 atom stereocenters. The second-order valence-corrected chi connectivity index (χ2v) is 4.75. The first-order valence-corrected chi connectivity index (χ1v) is 7.27. The van der Waals surface area contributed by atoms with E-state index in [0.29, 0.717) is 25.8 Å². The number of carbonyl (C=O) groups is 2. The molecule has 5 heteroatoms. The van der Waals surface area contributed by atoms with E-state index in [1.54, 1.807) is 6.07 Å². The van der Waals surface area contributed by atoms with Crippen molar-refractivity contribution in [1.82, 2.24) is 5.32 Å². The minimum Gasteiger partial charge on any atom is -0.999 e. The number of aryl methyl sites for hydroxylation is 1. The van der Waals surface area contributed by atoms with Gasteiger partial charge in [0.25, 0.3) is 0 Å². The second-order valence-electron chi connectivity index (χ2n) is 4.75. The van der Waals surface area contributed by atoms with Crippen molar-refractivity contribution < 1.29 is 26.7 Å². The van der Waals surface area contributed by atoms with E-state index in [4.69, 9.17) is 5.73 Å². The maximum Gasteiger partial charge on any atom is 0.219 e. The zero-order valence-electron chi connectivity index (χ0n) is 12.9. The molecule has 0 radical (unpaired) electrons. The summed E-state index contributed by atoms with van der Waals surface area (Å²) in [5, 5.41) is 2.77. The van der Waals surface area contributed by atoms with Crippen LogP contribution in [0.1, 0.15) is 31.2 Å². The maximum atomic E-state index is 11.4. The number of primary amides is 1. The predicted molar refractivity (Wildman–Crippen MR) is 83.8 cm³/mol. The Kier molecular flexibility index (Phi) is 12.7. The fourth-order valence-corrected chi connectivity index (χ4v) is 1.79. The van der Waals surface area contributed by atoms with E-state index in [1.807, 2.05) is 12.1 Å². The van der Waals surface area contributed by atoms with E-state index in [2.05, 4.69) is 41.7 Å². The number of rotatable bonds is 8. The van der Waals surface area contributed by atoms with Crippen molar-refractivity contribution in [2.75, 3.05) is 6.54 Å². The molecule has 0 fully saturated rings. The van der Waals surface area contributed by atoms with Crippen molar-refractivity contribution in [2.45, 2.75) is 32.1 Å². The Bertz CT molecular complexity index is 490. The van der Waals surface area contributed by atoms with Crippen molar-refractivity contribution in [1.29, 1.82) is 0 Å². The molecule has 0 bridgehead atoms. The summed E-state index contributed by atoms with van der Waals surface area (Å²) in [6.45, 7) is 0.526. The molecule has 4 nitrogen and oxygen atoms in total. The van der Waals surface area contributed by atoms with Crippen LogP contribution in [0, 0.1) is 24.3 Å². The summed E-state index contributed by atoms with van der Waals surface area (Å²) in [4.78, 5) is 21.8. The molecule has 128 valence electrons. The zero-order chi connectivity index (χ0) is 16.0. The largest absolute Gasteiger partial charge is 0.999 e. The third-order valence-electron chi connectivity index (χ3n) is 2.87. The number of amides is 2. The first kappa shape index (κ1) is 21.2. The van der Waals surface area contributed by atoms with Gasteiger partial charge in [0.2, 0.25) is 11.8 Å². The van der Waals surface area contributed by atoms with Gasteiger partial charge < -0.3 is 41.4 Å². The summed E-state index contributed by atoms with van der Waals surface area (Å²) in [5.74, 6) is -0.281. The van der Waals surface area contributed by atoms with Gasteiger partial charge in [-0.05, 0) is 6.42 Å². The molecular weight excluding hydrogens is 332 g/mol. The molecule has 0 aliphatic carbocycles. The Labute approximate surface area is 148 Å². The van der Waals surface area contributed by atoms with Gasteiger partial charge >= 0.3 is 0 Å². The molecule has 2 rings (SSSR count). The fourth-order valence-electron chi connectivity index (χ4n) is 1.79. The quantitative estimate of drug-likeness (QED) is 0.431. The molecule has 3 N–H and O–H groups in total. The minimum absolute atomic E-state index is 0. The number of hydrogen-bond acceptors (Lipinski definition) is 2. The third kappa shape index (κ3) is 12.4. The van der Waals surface area contributed by atoms with E-state index >= 15 is 0 Å². The summed E-state index contributed by atoms with van der Waals surface area (Å²) in [6, 6.07) is 20.1. The van der Waals surface area contributed by atoms with Crippen LogP contribution in [0.5, 0.6) is 0 Å². The number of carbonyl (C=O) groups excluding carboxylic acids is 2. The number of nitrogens with two attached hydrogens (primary N) is 1. The van der Waals surface area contributed by atoms with Gasteiger partial charge in [-0.2, -0.15) is 17.7 Å². The van der Waals surface area contributed by atoms with Gasteiger partial charge in [0.1, 0.15) is 0 Å². The van der Waals surface area contributed by atoms with Crippen LogP contribution in [-0.2, 0) is 33.1 Å². The molecule has 0 unspecified atom stereocenters. The molecule has 0 saturated heterocycles. The van der Waals surface area contributed by atoms with Crippen LogP contribution in [-0.4, -0.2) is 18.4 Å². The topological polar surface area (TPSA) is 72.2 Å². The van der Waals surface area contributed by atoms with Crippen molar-refractivity contribution in [3.05, 3.63) is 60.2 Å². The SMILES string of the molecule is NC(=O)CCCNC(=O)CCC[c-]1cccc1.[Fe].[c-]1[c-][c-][cH-][c-]1. The molecule has 0 aliphatic rings. The third-order valence-corrected chi connectivity index (χ3v) is 2.87.